The minimum absolute atomic E-state index is 0.172. The Kier molecular flexibility index (Phi) is 3.19. The van der Waals surface area contributed by atoms with Crippen molar-refractivity contribution >= 4 is 0 Å². The van der Waals surface area contributed by atoms with E-state index in [4.69, 9.17) is 9.47 Å². The maximum Gasteiger partial charge on any atom is 0.126 e. The Morgan fingerprint density at radius 3 is 2.41 bits per heavy atom. The molecule has 2 aromatic carbocycles. The van der Waals surface area contributed by atoms with Crippen molar-refractivity contribution in [3.05, 3.63) is 42.5 Å². The zero-order valence-corrected chi connectivity index (χ0v) is 9.81. The van der Waals surface area contributed by atoms with Crippen molar-refractivity contribution in [2.75, 3.05) is 14.2 Å². The summed E-state index contributed by atoms with van der Waals surface area (Å²) in [5.41, 5.74) is 1.78. The maximum atomic E-state index is 9.63. The third kappa shape index (κ3) is 2.33. The highest BCUT2D eigenvalue weighted by Crippen LogP contribution is 2.34. The van der Waals surface area contributed by atoms with Gasteiger partial charge in [0.1, 0.15) is 17.2 Å². The first kappa shape index (κ1) is 11.3. The molecule has 0 aromatic heterocycles. The van der Waals surface area contributed by atoms with Crippen LogP contribution in [0, 0.1) is 0 Å². The summed E-state index contributed by atoms with van der Waals surface area (Å²) in [4.78, 5) is 0. The van der Waals surface area contributed by atoms with Gasteiger partial charge in [0.25, 0.3) is 0 Å². The molecule has 0 bridgehead atoms. The highest BCUT2D eigenvalue weighted by molar-refractivity contribution is 5.72. The van der Waals surface area contributed by atoms with Crippen molar-refractivity contribution in [3.8, 4) is 28.4 Å². The zero-order valence-electron chi connectivity index (χ0n) is 9.81. The van der Waals surface area contributed by atoms with Crippen molar-refractivity contribution < 1.29 is 14.6 Å². The van der Waals surface area contributed by atoms with Crippen molar-refractivity contribution in [1.82, 2.24) is 0 Å². The number of hydrogen-bond acceptors (Lipinski definition) is 3. The lowest BCUT2D eigenvalue weighted by Gasteiger charge is -2.10. The van der Waals surface area contributed by atoms with Gasteiger partial charge in [0.2, 0.25) is 0 Å². The van der Waals surface area contributed by atoms with Gasteiger partial charge in [-0.1, -0.05) is 18.2 Å². The number of aromatic hydroxyl groups is 1. The molecule has 0 heterocycles. The van der Waals surface area contributed by atoms with E-state index in [1.54, 1.807) is 26.4 Å². The monoisotopic (exact) mass is 230 g/mol. The SMILES string of the molecule is COc1cc(O)cc(-c2ccccc2OC)c1. The fraction of sp³-hybridized carbons (Fsp3) is 0.143. The third-order valence-corrected chi connectivity index (χ3v) is 2.54. The number of ether oxygens (including phenoxy) is 2. The standard InChI is InChI=1S/C14H14O3/c1-16-12-8-10(7-11(15)9-12)13-5-3-4-6-14(13)17-2/h3-9,15H,1-2H3. The third-order valence-electron chi connectivity index (χ3n) is 2.54. The first-order valence-corrected chi connectivity index (χ1v) is 5.26. The molecule has 0 amide bonds. The van der Waals surface area contributed by atoms with Crippen molar-refractivity contribution in [2.45, 2.75) is 0 Å². The van der Waals surface area contributed by atoms with E-state index in [2.05, 4.69) is 0 Å². The molecule has 3 heteroatoms. The minimum atomic E-state index is 0.172. The van der Waals surface area contributed by atoms with Gasteiger partial charge in [0, 0.05) is 11.6 Å². The Hall–Kier alpha value is -2.16. The first-order chi connectivity index (χ1) is 8.24. The fourth-order valence-electron chi connectivity index (χ4n) is 1.74. The Labute approximate surface area is 100 Å². The Balaban J connectivity index is 2.55. The summed E-state index contributed by atoms with van der Waals surface area (Å²) in [6.45, 7) is 0. The molecule has 3 nitrogen and oxygen atoms in total. The molecule has 0 saturated carbocycles. The molecule has 0 aliphatic rings. The van der Waals surface area contributed by atoms with Crippen LogP contribution in [0.25, 0.3) is 11.1 Å². The molecule has 0 radical (unpaired) electrons. The van der Waals surface area contributed by atoms with Crippen LogP contribution in [0.5, 0.6) is 17.2 Å². The van der Waals surface area contributed by atoms with Gasteiger partial charge in [-0.2, -0.15) is 0 Å². The predicted molar refractivity (Wildman–Crippen MR) is 66.6 cm³/mol. The molecule has 2 rings (SSSR count). The second kappa shape index (κ2) is 4.78. The van der Waals surface area contributed by atoms with E-state index in [9.17, 15) is 5.11 Å². The Morgan fingerprint density at radius 2 is 1.71 bits per heavy atom. The molecule has 0 aliphatic carbocycles. The lowest BCUT2D eigenvalue weighted by atomic mass is 10.0. The fourth-order valence-corrected chi connectivity index (χ4v) is 1.74. The summed E-state index contributed by atoms with van der Waals surface area (Å²) in [6.07, 6.45) is 0. The van der Waals surface area contributed by atoms with E-state index in [0.717, 1.165) is 16.9 Å². The number of methoxy groups -OCH3 is 2. The minimum Gasteiger partial charge on any atom is -0.508 e. The number of rotatable bonds is 3. The van der Waals surface area contributed by atoms with E-state index in [1.807, 2.05) is 30.3 Å². The average molecular weight is 230 g/mol. The summed E-state index contributed by atoms with van der Waals surface area (Å²) >= 11 is 0. The van der Waals surface area contributed by atoms with E-state index in [1.165, 1.54) is 0 Å². The molecular formula is C14H14O3. The molecular weight excluding hydrogens is 216 g/mol. The molecule has 0 aliphatic heterocycles. The molecule has 0 unspecified atom stereocenters. The summed E-state index contributed by atoms with van der Waals surface area (Å²) in [5, 5.41) is 9.63. The summed E-state index contributed by atoms with van der Waals surface area (Å²) in [5.74, 6) is 1.55. The molecule has 0 fully saturated rings. The number of para-hydroxylation sites is 1. The first-order valence-electron chi connectivity index (χ1n) is 5.26. The lowest BCUT2D eigenvalue weighted by Crippen LogP contribution is -1.88. The molecule has 2 aromatic rings. The molecule has 0 atom stereocenters. The summed E-state index contributed by atoms with van der Waals surface area (Å²) in [7, 11) is 3.19. The molecule has 1 N–H and O–H groups in total. The van der Waals surface area contributed by atoms with Crippen LogP contribution in [-0.4, -0.2) is 19.3 Å². The Bertz CT molecular complexity index is 521. The zero-order chi connectivity index (χ0) is 12.3. The quantitative estimate of drug-likeness (QED) is 0.880. The van der Waals surface area contributed by atoms with E-state index < -0.39 is 0 Å². The molecule has 88 valence electrons. The van der Waals surface area contributed by atoms with Crippen LogP contribution in [0.1, 0.15) is 0 Å². The van der Waals surface area contributed by atoms with Crippen molar-refractivity contribution in [1.29, 1.82) is 0 Å². The van der Waals surface area contributed by atoms with Gasteiger partial charge in [-0.05, 0) is 23.8 Å². The van der Waals surface area contributed by atoms with Gasteiger partial charge in [-0.15, -0.1) is 0 Å². The van der Waals surface area contributed by atoms with E-state index in [0.29, 0.717) is 5.75 Å². The van der Waals surface area contributed by atoms with Gasteiger partial charge in [0.15, 0.2) is 0 Å². The largest absolute Gasteiger partial charge is 0.508 e. The molecule has 17 heavy (non-hydrogen) atoms. The Morgan fingerprint density at radius 1 is 0.941 bits per heavy atom. The number of phenols is 1. The predicted octanol–water partition coefficient (Wildman–Crippen LogP) is 3.08. The lowest BCUT2D eigenvalue weighted by molar-refractivity contribution is 0.407. The smallest absolute Gasteiger partial charge is 0.126 e. The summed E-state index contributed by atoms with van der Waals surface area (Å²) < 4.78 is 10.4. The number of benzene rings is 2. The second-order valence-electron chi connectivity index (χ2n) is 3.62. The van der Waals surface area contributed by atoms with Crippen LogP contribution < -0.4 is 9.47 Å². The van der Waals surface area contributed by atoms with Gasteiger partial charge < -0.3 is 14.6 Å². The van der Waals surface area contributed by atoms with Gasteiger partial charge in [-0.25, -0.2) is 0 Å². The van der Waals surface area contributed by atoms with Gasteiger partial charge in [-0.3, -0.25) is 0 Å². The summed E-state index contributed by atoms with van der Waals surface area (Å²) in [6, 6.07) is 12.8. The molecule has 0 spiro atoms. The maximum absolute atomic E-state index is 9.63. The van der Waals surface area contributed by atoms with Crippen LogP contribution in [0.2, 0.25) is 0 Å². The van der Waals surface area contributed by atoms with Crippen LogP contribution in [0.3, 0.4) is 0 Å². The molecule has 0 saturated heterocycles. The highest BCUT2D eigenvalue weighted by atomic mass is 16.5. The number of hydrogen-bond donors (Lipinski definition) is 1. The van der Waals surface area contributed by atoms with Crippen molar-refractivity contribution in [2.24, 2.45) is 0 Å². The van der Waals surface area contributed by atoms with E-state index in [-0.39, 0.29) is 5.75 Å². The van der Waals surface area contributed by atoms with Crippen LogP contribution in [-0.2, 0) is 0 Å². The average Bonchev–Trinajstić information content (AvgIpc) is 2.37. The number of phenolic OH excluding ortho intramolecular Hbond substituents is 1. The van der Waals surface area contributed by atoms with Crippen LogP contribution in [0.15, 0.2) is 42.5 Å². The normalized spacial score (nSPS) is 10.0. The highest BCUT2D eigenvalue weighted by Gasteiger charge is 2.07. The van der Waals surface area contributed by atoms with Crippen LogP contribution >= 0.6 is 0 Å². The topological polar surface area (TPSA) is 38.7 Å². The van der Waals surface area contributed by atoms with Gasteiger partial charge in [0.05, 0.1) is 14.2 Å². The van der Waals surface area contributed by atoms with Gasteiger partial charge >= 0.3 is 0 Å². The van der Waals surface area contributed by atoms with Crippen molar-refractivity contribution in [3.63, 3.8) is 0 Å². The van der Waals surface area contributed by atoms with E-state index >= 15 is 0 Å². The second-order valence-corrected chi connectivity index (χ2v) is 3.62. The van der Waals surface area contributed by atoms with Crippen LogP contribution in [0.4, 0.5) is 0 Å².